The molecular formula is C24H22N2O3. The molecule has 0 radical (unpaired) electrons. The number of methoxy groups -OCH3 is 2. The van der Waals surface area contributed by atoms with Gasteiger partial charge < -0.3 is 18.6 Å². The van der Waals surface area contributed by atoms with Crippen molar-refractivity contribution in [3.63, 3.8) is 0 Å². The summed E-state index contributed by atoms with van der Waals surface area (Å²) in [5, 5.41) is 4.03. The highest BCUT2D eigenvalue weighted by atomic mass is 16.5. The molecule has 0 bridgehead atoms. The monoisotopic (exact) mass is 386 g/mol. The van der Waals surface area contributed by atoms with E-state index in [1.807, 2.05) is 24.4 Å². The minimum atomic E-state index is 0.723. The number of ether oxygens (including phenoxy) is 2. The van der Waals surface area contributed by atoms with Crippen LogP contribution in [-0.4, -0.2) is 23.9 Å². The molecule has 0 spiro atoms. The largest absolute Gasteiger partial charge is 0.493 e. The van der Waals surface area contributed by atoms with Crippen molar-refractivity contribution in [1.29, 1.82) is 0 Å². The molecule has 5 nitrogen and oxygen atoms in total. The highest BCUT2D eigenvalue weighted by Gasteiger charge is 2.27. The first kappa shape index (κ1) is 17.6. The summed E-state index contributed by atoms with van der Waals surface area (Å²) in [4.78, 5) is 0. The van der Waals surface area contributed by atoms with Crippen LogP contribution < -0.4 is 9.47 Å². The van der Waals surface area contributed by atoms with Crippen molar-refractivity contribution in [2.45, 2.75) is 19.4 Å². The molecule has 5 rings (SSSR count). The number of nitrogens with zero attached hydrogens (tertiary/aromatic N) is 2. The average molecular weight is 386 g/mol. The molecule has 2 heterocycles. The van der Waals surface area contributed by atoms with E-state index in [9.17, 15) is 0 Å². The summed E-state index contributed by atoms with van der Waals surface area (Å²) < 4.78 is 18.8. The maximum Gasteiger partial charge on any atom is 0.171 e. The fourth-order valence-corrected chi connectivity index (χ4v) is 4.20. The normalized spacial score (nSPS) is 12.3. The molecule has 4 aromatic rings. The van der Waals surface area contributed by atoms with Gasteiger partial charge in [-0.2, -0.15) is 0 Å². The summed E-state index contributed by atoms with van der Waals surface area (Å²) >= 11 is 0. The van der Waals surface area contributed by atoms with Crippen LogP contribution in [0, 0.1) is 0 Å². The first-order valence-electron chi connectivity index (χ1n) is 9.70. The molecule has 1 aliphatic rings. The summed E-state index contributed by atoms with van der Waals surface area (Å²) in [5.41, 5.74) is 7.23. The van der Waals surface area contributed by atoms with Gasteiger partial charge in [0, 0.05) is 23.9 Å². The molecule has 0 N–H and O–H groups in total. The SMILES string of the molecule is COc1ccc(Cn2cc3c(c2-c2ccccc2)CCc2cnoc2-3)cc1OC. The second-order valence-corrected chi connectivity index (χ2v) is 7.23. The number of aryl methyl sites for hydroxylation is 1. The van der Waals surface area contributed by atoms with E-state index >= 15 is 0 Å². The number of fused-ring (bicyclic) bond motifs is 3. The van der Waals surface area contributed by atoms with E-state index in [1.54, 1.807) is 14.2 Å². The summed E-state index contributed by atoms with van der Waals surface area (Å²) in [5.74, 6) is 2.37. The van der Waals surface area contributed by atoms with Crippen LogP contribution in [0.3, 0.4) is 0 Å². The highest BCUT2D eigenvalue weighted by molar-refractivity contribution is 5.78. The van der Waals surface area contributed by atoms with Gasteiger partial charge in [0.2, 0.25) is 0 Å². The Morgan fingerprint density at radius 3 is 2.62 bits per heavy atom. The lowest BCUT2D eigenvalue weighted by atomic mass is 9.91. The van der Waals surface area contributed by atoms with Crippen molar-refractivity contribution in [3.8, 4) is 34.1 Å². The second-order valence-electron chi connectivity index (χ2n) is 7.23. The minimum absolute atomic E-state index is 0.723. The van der Waals surface area contributed by atoms with Crippen molar-refractivity contribution >= 4 is 0 Å². The highest BCUT2D eigenvalue weighted by Crippen LogP contribution is 2.41. The number of hydrogen-bond acceptors (Lipinski definition) is 4. The van der Waals surface area contributed by atoms with E-state index in [0.29, 0.717) is 0 Å². The Hall–Kier alpha value is -3.47. The molecule has 0 aliphatic heterocycles. The van der Waals surface area contributed by atoms with Crippen LogP contribution in [0.5, 0.6) is 11.5 Å². The first-order valence-corrected chi connectivity index (χ1v) is 9.70. The molecule has 0 amide bonds. The van der Waals surface area contributed by atoms with E-state index in [0.717, 1.165) is 47.8 Å². The smallest absolute Gasteiger partial charge is 0.171 e. The summed E-state index contributed by atoms with van der Waals surface area (Å²) in [6.45, 7) is 0.723. The maximum absolute atomic E-state index is 5.60. The zero-order chi connectivity index (χ0) is 19.8. The van der Waals surface area contributed by atoms with Crippen molar-refractivity contribution in [1.82, 2.24) is 9.72 Å². The molecule has 29 heavy (non-hydrogen) atoms. The summed E-state index contributed by atoms with van der Waals surface area (Å²) in [6, 6.07) is 16.6. The third-order valence-corrected chi connectivity index (χ3v) is 5.56. The van der Waals surface area contributed by atoms with Crippen molar-refractivity contribution in [2.75, 3.05) is 14.2 Å². The first-order chi connectivity index (χ1) is 14.3. The molecule has 0 saturated carbocycles. The van der Waals surface area contributed by atoms with Gasteiger partial charge in [0.1, 0.15) is 0 Å². The summed E-state index contributed by atoms with van der Waals surface area (Å²) in [6.07, 6.45) is 5.96. The Bertz CT molecular complexity index is 1160. The van der Waals surface area contributed by atoms with Gasteiger partial charge in [-0.3, -0.25) is 0 Å². The zero-order valence-corrected chi connectivity index (χ0v) is 16.5. The molecule has 1 aliphatic carbocycles. The standard InChI is InChI=1S/C24H22N2O3/c1-27-21-11-8-16(12-22(21)28-2)14-26-15-20-19(10-9-18-13-25-29-24(18)20)23(26)17-6-4-3-5-7-17/h3-8,11-13,15H,9-10,14H2,1-2H3. The molecule has 0 saturated heterocycles. The predicted molar refractivity (Wildman–Crippen MR) is 111 cm³/mol. The van der Waals surface area contributed by atoms with Gasteiger partial charge in [0.15, 0.2) is 17.3 Å². The Balaban J connectivity index is 1.64. The Morgan fingerprint density at radius 2 is 1.83 bits per heavy atom. The fourth-order valence-electron chi connectivity index (χ4n) is 4.20. The van der Waals surface area contributed by atoms with Crippen molar-refractivity contribution in [2.24, 2.45) is 0 Å². The zero-order valence-electron chi connectivity index (χ0n) is 16.5. The third-order valence-electron chi connectivity index (χ3n) is 5.56. The quantitative estimate of drug-likeness (QED) is 0.486. The van der Waals surface area contributed by atoms with Gasteiger partial charge in [-0.1, -0.05) is 41.6 Å². The molecule has 0 unspecified atom stereocenters. The Morgan fingerprint density at radius 1 is 1.00 bits per heavy atom. The van der Waals surface area contributed by atoms with Gasteiger partial charge >= 0.3 is 0 Å². The number of hydrogen-bond donors (Lipinski definition) is 0. The number of rotatable bonds is 5. The van der Waals surface area contributed by atoms with Crippen LogP contribution in [0.2, 0.25) is 0 Å². The lowest BCUT2D eigenvalue weighted by molar-refractivity contribution is 0.354. The van der Waals surface area contributed by atoms with Crippen molar-refractivity contribution in [3.05, 3.63) is 77.6 Å². The van der Waals surface area contributed by atoms with E-state index < -0.39 is 0 Å². The van der Waals surface area contributed by atoms with E-state index in [1.165, 1.54) is 22.4 Å². The van der Waals surface area contributed by atoms with Gasteiger partial charge in [-0.05, 0) is 41.7 Å². The van der Waals surface area contributed by atoms with E-state index in [4.69, 9.17) is 14.0 Å². The molecule has 0 fully saturated rings. The van der Waals surface area contributed by atoms with Crippen LogP contribution in [0.4, 0.5) is 0 Å². The van der Waals surface area contributed by atoms with E-state index in [-0.39, 0.29) is 0 Å². The van der Waals surface area contributed by atoms with Crippen molar-refractivity contribution < 1.29 is 14.0 Å². The van der Waals surface area contributed by atoms with Gasteiger partial charge in [0.25, 0.3) is 0 Å². The van der Waals surface area contributed by atoms with Gasteiger partial charge in [-0.25, -0.2) is 0 Å². The topological polar surface area (TPSA) is 49.4 Å². The Labute approximate surface area is 169 Å². The predicted octanol–water partition coefficient (Wildman–Crippen LogP) is 4.97. The van der Waals surface area contributed by atoms with Crippen LogP contribution >= 0.6 is 0 Å². The molecular weight excluding hydrogens is 364 g/mol. The maximum atomic E-state index is 5.60. The molecule has 0 atom stereocenters. The number of aromatic nitrogens is 2. The molecule has 2 aromatic heterocycles. The molecule has 146 valence electrons. The third kappa shape index (κ3) is 2.99. The van der Waals surface area contributed by atoms with Crippen LogP contribution in [-0.2, 0) is 19.4 Å². The molecule has 5 heteroatoms. The number of benzene rings is 2. The average Bonchev–Trinajstić information content (AvgIpc) is 3.38. The molecule has 2 aromatic carbocycles. The van der Waals surface area contributed by atoms with E-state index in [2.05, 4.69) is 46.3 Å². The minimum Gasteiger partial charge on any atom is -0.493 e. The van der Waals surface area contributed by atoms with Gasteiger partial charge in [-0.15, -0.1) is 0 Å². The lowest BCUT2D eigenvalue weighted by Crippen LogP contribution is -2.04. The lowest BCUT2D eigenvalue weighted by Gasteiger charge is -2.15. The van der Waals surface area contributed by atoms with Crippen LogP contribution in [0.15, 0.2) is 65.4 Å². The second kappa shape index (κ2) is 7.17. The fraction of sp³-hybridized carbons (Fsp3) is 0.208. The summed E-state index contributed by atoms with van der Waals surface area (Å²) in [7, 11) is 3.32. The Kier molecular flexibility index (Phi) is 4.35. The van der Waals surface area contributed by atoms with Crippen LogP contribution in [0.1, 0.15) is 16.7 Å². The van der Waals surface area contributed by atoms with Crippen LogP contribution in [0.25, 0.3) is 22.6 Å². The van der Waals surface area contributed by atoms with Gasteiger partial charge in [0.05, 0.1) is 26.1 Å².